The highest BCUT2D eigenvalue weighted by molar-refractivity contribution is 7.13. The average Bonchev–Trinajstić information content (AvgIpc) is 3.18. The Hall–Kier alpha value is -2.81. The third-order valence-corrected chi connectivity index (χ3v) is 4.21. The van der Waals surface area contributed by atoms with Gasteiger partial charge in [0.25, 0.3) is 5.89 Å². The molecule has 3 rings (SSSR count). The third-order valence-electron chi connectivity index (χ3n) is 3.10. The summed E-state index contributed by atoms with van der Waals surface area (Å²) in [7, 11) is 0. The van der Waals surface area contributed by atoms with Crippen LogP contribution in [0.2, 0.25) is 0 Å². The van der Waals surface area contributed by atoms with Crippen molar-refractivity contribution in [2.45, 2.75) is 27.1 Å². The number of ether oxygens (including phenoxy) is 2. The van der Waals surface area contributed by atoms with E-state index in [1.54, 1.807) is 13.8 Å². The lowest BCUT2D eigenvalue weighted by atomic mass is 10.3. The minimum atomic E-state index is -0.515. The van der Waals surface area contributed by atoms with Gasteiger partial charge in [-0.2, -0.15) is 4.98 Å². The SMILES string of the molecule is Cc1noc(COC(=O)c2sc(COc3ccc(F)cc3)nc2C)n1. The molecule has 130 valence electrons. The van der Waals surface area contributed by atoms with Gasteiger partial charge in [-0.3, -0.25) is 0 Å². The summed E-state index contributed by atoms with van der Waals surface area (Å²) >= 11 is 1.18. The molecule has 25 heavy (non-hydrogen) atoms. The van der Waals surface area contributed by atoms with Crippen LogP contribution in [0.15, 0.2) is 28.8 Å². The maximum atomic E-state index is 12.9. The summed E-state index contributed by atoms with van der Waals surface area (Å²) in [6.45, 7) is 3.46. The topological polar surface area (TPSA) is 87.3 Å². The number of nitrogens with zero attached hydrogens (tertiary/aromatic N) is 3. The molecule has 0 fully saturated rings. The van der Waals surface area contributed by atoms with E-state index in [1.807, 2.05) is 0 Å². The van der Waals surface area contributed by atoms with Crippen LogP contribution in [0.4, 0.5) is 4.39 Å². The van der Waals surface area contributed by atoms with E-state index in [0.717, 1.165) is 0 Å². The number of rotatable bonds is 6. The smallest absolute Gasteiger partial charge is 0.350 e. The van der Waals surface area contributed by atoms with Gasteiger partial charge in [0.15, 0.2) is 12.4 Å². The molecule has 2 heterocycles. The Labute approximate surface area is 146 Å². The average molecular weight is 363 g/mol. The fourth-order valence-electron chi connectivity index (χ4n) is 1.97. The lowest BCUT2D eigenvalue weighted by molar-refractivity contribution is 0.0434. The van der Waals surface area contributed by atoms with Gasteiger partial charge in [-0.25, -0.2) is 14.2 Å². The highest BCUT2D eigenvalue weighted by Gasteiger charge is 2.18. The summed E-state index contributed by atoms with van der Waals surface area (Å²) in [6, 6.07) is 5.67. The van der Waals surface area contributed by atoms with Crippen LogP contribution in [0.3, 0.4) is 0 Å². The van der Waals surface area contributed by atoms with Gasteiger partial charge in [0.2, 0.25) is 0 Å². The number of aryl methyl sites for hydroxylation is 2. The molecule has 0 bridgehead atoms. The molecular weight excluding hydrogens is 349 g/mol. The zero-order chi connectivity index (χ0) is 17.8. The molecule has 0 aliphatic heterocycles. The number of hydrogen-bond donors (Lipinski definition) is 0. The predicted molar refractivity (Wildman–Crippen MR) is 85.7 cm³/mol. The molecule has 0 unspecified atom stereocenters. The third kappa shape index (κ3) is 4.38. The fourth-order valence-corrected chi connectivity index (χ4v) is 2.84. The first-order valence-electron chi connectivity index (χ1n) is 7.32. The molecule has 0 atom stereocenters. The van der Waals surface area contributed by atoms with Gasteiger partial charge in [0.05, 0.1) is 5.69 Å². The maximum Gasteiger partial charge on any atom is 0.350 e. The number of hydrogen-bond acceptors (Lipinski definition) is 8. The number of carbonyl (C=O) groups excluding carboxylic acids is 1. The van der Waals surface area contributed by atoms with Crippen LogP contribution >= 0.6 is 11.3 Å². The van der Waals surface area contributed by atoms with Crippen LogP contribution < -0.4 is 4.74 Å². The number of thiazole rings is 1. The van der Waals surface area contributed by atoms with E-state index in [0.29, 0.717) is 27.2 Å². The van der Waals surface area contributed by atoms with Crippen LogP contribution in [0.5, 0.6) is 5.75 Å². The van der Waals surface area contributed by atoms with E-state index >= 15 is 0 Å². The molecule has 0 N–H and O–H groups in total. The normalized spacial score (nSPS) is 10.7. The van der Waals surface area contributed by atoms with E-state index in [-0.39, 0.29) is 24.9 Å². The minimum Gasteiger partial charge on any atom is -0.486 e. The van der Waals surface area contributed by atoms with Crippen molar-refractivity contribution in [2.24, 2.45) is 0 Å². The van der Waals surface area contributed by atoms with E-state index in [2.05, 4.69) is 15.1 Å². The van der Waals surface area contributed by atoms with E-state index < -0.39 is 5.97 Å². The molecule has 2 aromatic heterocycles. The van der Waals surface area contributed by atoms with Crippen LogP contribution in [0.1, 0.15) is 32.1 Å². The number of aromatic nitrogens is 3. The van der Waals surface area contributed by atoms with E-state index in [9.17, 15) is 9.18 Å². The summed E-state index contributed by atoms with van der Waals surface area (Å²) in [5, 5.41) is 4.23. The van der Waals surface area contributed by atoms with Crippen LogP contribution in [-0.4, -0.2) is 21.1 Å². The van der Waals surface area contributed by atoms with Gasteiger partial charge in [0.1, 0.15) is 28.1 Å². The largest absolute Gasteiger partial charge is 0.486 e. The highest BCUT2D eigenvalue weighted by atomic mass is 32.1. The lowest BCUT2D eigenvalue weighted by Crippen LogP contribution is -2.05. The van der Waals surface area contributed by atoms with Crippen molar-refractivity contribution in [3.8, 4) is 5.75 Å². The molecular formula is C16H14FN3O4S. The zero-order valence-corrected chi connectivity index (χ0v) is 14.3. The monoisotopic (exact) mass is 363 g/mol. The van der Waals surface area contributed by atoms with Gasteiger partial charge < -0.3 is 14.0 Å². The van der Waals surface area contributed by atoms with E-state index in [4.69, 9.17) is 14.0 Å². The Kier molecular flexibility index (Phi) is 5.03. The summed E-state index contributed by atoms with van der Waals surface area (Å²) in [6.07, 6.45) is 0. The molecule has 0 aliphatic rings. The second kappa shape index (κ2) is 7.39. The molecule has 0 radical (unpaired) electrons. The minimum absolute atomic E-state index is 0.0988. The molecule has 0 saturated carbocycles. The fraction of sp³-hybridized carbons (Fsp3) is 0.250. The first kappa shape index (κ1) is 17.0. The second-order valence-electron chi connectivity index (χ2n) is 5.08. The maximum absolute atomic E-state index is 12.9. The second-order valence-corrected chi connectivity index (χ2v) is 6.16. The summed E-state index contributed by atoms with van der Waals surface area (Å²) in [5.41, 5.74) is 0.550. The van der Waals surface area contributed by atoms with Crippen molar-refractivity contribution in [3.05, 3.63) is 57.4 Å². The Balaban J connectivity index is 1.59. The first-order chi connectivity index (χ1) is 12.0. The summed E-state index contributed by atoms with van der Waals surface area (Å²) in [4.78, 5) is 20.8. The Bertz CT molecular complexity index is 876. The number of benzene rings is 1. The Morgan fingerprint density at radius 2 is 1.96 bits per heavy atom. The Morgan fingerprint density at radius 3 is 2.64 bits per heavy atom. The van der Waals surface area contributed by atoms with Gasteiger partial charge in [-0.05, 0) is 38.1 Å². The van der Waals surface area contributed by atoms with Gasteiger partial charge in [-0.15, -0.1) is 11.3 Å². The molecule has 9 heteroatoms. The molecule has 0 saturated heterocycles. The molecule has 3 aromatic rings. The van der Waals surface area contributed by atoms with Crippen LogP contribution in [0.25, 0.3) is 0 Å². The first-order valence-corrected chi connectivity index (χ1v) is 8.14. The van der Waals surface area contributed by atoms with Crippen molar-refractivity contribution in [3.63, 3.8) is 0 Å². The summed E-state index contributed by atoms with van der Waals surface area (Å²) < 4.78 is 28.4. The number of esters is 1. The Morgan fingerprint density at radius 1 is 1.20 bits per heavy atom. The molecule has 0 amide bonds. The van der Waals surface area contributed by atoms with Crippen LogP contribution in [-0.2, 0) is 18.0 Å². The standard InChI is InChI=1S/C16H14FN3O4S/c1-9-15(16(21)23-7-13-19-10(2)20-24-13)25-14(18-9)8-22-12-5-3-11(17)4-6-12/h3-6H,7-8H2,1-2H3. The van der Waals surface area contributed by atoms with Gasteiger partial charge >= 0.3 is 5.97 Å². The van der Waals surface area contributed by atoms with Crippen LogP contribution in [0, 0.1) is 19.7 Å². The molecule has 1 aromatic carbocycles. The summed E-state index contributed by atoms with van der Waals surface area (Å²) in [5.74, 6) is 0.371. The van der Waals surface area contributed by atoms with Gasteiger partial charge in [0, 0.05) is 0 Å². The van der Waals surface area contributed by atoms with Crippen molar-refractivity contribution >= 4 is 17.3 Å². The predicted octanol–water partition coefficient (Wildman–Crippen LogP) is 3.22. The van der Waals surface area contributed by atoms with Crippen molar-refractivity contribution in [1.29, 1.82) is 0 Å². The van der Waals surface area contributed by atoms with E-state index in [1.165, 1.54) is 35.6 Å². The van der Waals surface area contributed by atoms with Crippen molar-refractivity contribution in [2.75, 3.05) is 0 Å². The lowest BCUT2D eigenvalue weighted by Gasteiger charge is -2.03. The molecule has 7 nitrogen and oxygen atoms in total. The highest BCUT2D eigenvalue weighted by Crippen LogP contribution is 2.21. The van der Waals surface area contributed by atoms with Crippen molar-refractivity contribution < 1.29 is 23.2 Å². The quantitative estimate of drug-likeness (QED) is 0.621. The zero-order valence-electron chi connectivity index (χ0n) is 13.5. The molecule has 0 spiro atoms. The van der Waals surface area contributed by atoms with Gasteiger partial charge in [-0.1, -0.05) is 5.16 Å². The number of carbonyl (C=O) groups is 1. The number of halogens is 1. The molecule has 0 aliphatic carbocycles. The van der Waals surface area contributed by atoms with Crippen molar-refractivity contribution in [1.82, 2.24) is 15.1 Å².